The Morgan fingerprint density at radius 2 is 2.44 bits per heavy atom. The van der Waals surface area contributed by atoms with Gasteiger partial charge in [-0.3, -0.25) is 4.79 Å². The molecule has 1 aromatic rings. The van der Waals surface area contributed by atoms with Gasteiger partial charge in [0.1, 0.15) is 0 Å². The molecule has 0 saturated heterocycles. The molecule has 4 nitrogen and oxygen atoms in total. The second-order valence-electron chi connectivity index (χ2n) is 4.15. The number of hydrogen-bond donors (Lipinski definition) is 2. The monoisotopic (exact) mass is 239 g/mol. The van der Waals surface area contributed by atoms with Crippen LogP contribution < -0.4 is 10.6 Å². The van der Waals surface area contributed by atoms with Gasteiger partial charge in [-0.1, -0.05) is 0 Å². The Hall–Kier alpha value is -0.940. The normalized spacial score (nSPS) is 17.1. The largest absolute Gasteiger partial charge is 0.355 e. The average molecular weight is 239 g/mol. The van der Waals surface area contributed by atoms with Crippen LogP contribution in [0.15, 0.2) is 10.9 Å². The third kappa shape index (κ3) is 3.28. The first-order chi connectivity index (χ1) is 7.77. The molecule has 1 aliphatic rings. The minimum absolute atomic E-state index is 0.211. The third-order valence-corrected chi connectivity index (χ3v) is 3.32. The van der Waals surface area contributed by atoms with Gasteiger partial charge in [-0.2, -0.15) is 0 Å². The molecule has 1 aromatic heterocycles. The highest BCUT2D eigenvalue weighted by Gasteiger charge is 2.28. The van der Waals surface area contributed by atoms with Crippen molar-refractivity contribution in [3.8, 4) is 0 Å². The molecular formula is C11H17N3OS. The van der Waals surface area contributed by atoms with E-state index in [-0.39, 0.29) is 11.9 Å². The van der Waals surface area contributed by atoms with E-state index in [9.17, 15) is 4.79 Å². The second kappa shape index (κ2) is 5.41. The number of carbonyl (C=O) groups excluding carboxylic acids is 1. The van der Waals surface area contributed by atoms with Crippen LogP contribution in [0.2, 0.25) is 0 Å². The van der Waals surface area contributed by atoms with E-state index in [1.165, 1.54) is 0 Å². The average Bonchev–Trinajstić information content (AvgIpc) is 2.99. The van der Waals surface area contributed by atoms with Gasteiger partial charge in [0.25, 0.3) is 0 Å². The van der Waals surface area contributed by atoms with Crippen molar-refractivity contribution in [2.24, 2.45) is 5.92 Å². The zero-order valence-corrected chi connectivity index (χ0v) is 10.2. The van der Waals surface area contributed by atoms with Crippen LogP contribution in [-0.2, 0) is 4.79 Å². The number of amides is 1. The van der Waals surface area contributed by atoms with Crippen LogP contribution >= 0.6 is 11.3 Å². The third-order valence-electron chi connectivity index (χ3n) is 2.72. The minimum Gasteiger partial charge on any atom is -0.355 e. The highest BCUT2D eigenvalue weighted by atomic mass is 32.1. The number of thiazole rings is 1. The van der Waals surface area contributed by atoms with Crippen LogP contribution in [0.4, 0.5) is 0 Å². The zero-order chi connectivity index (χ0) is 11.4. The van der Waals surface area contributed by atoms with Crippen LogP contribution in [0.3, 0.4) is 0 Å². The fourth-order valence-electron chi connectivity index (χ4n) is 1.50. The standard InChI is InChI=1S/C11H17N3OS/c1-8(10-6-16-7-14-10)12-4-5-13-11(15)9-2-3-9/h6-9,12H,2-5H2,1H3,(H,13,15). The predicted octanol–water partition coefficient (Wildman–Crippen LogP) is 1.32. The molecule has 0 aliphatic heterocycles. The number of hydrogen-bond acceptors (Lipinski definition) is 4. The fourth-order valence-corrected chi connectivity index (χ4v) is 2.15. The molecule has 16 heavy (non-hydrogen) atoms. The molecule has 1 fully saturated rings. The summed E-state index contributed by atoms with van der Waals surface area (Å²) in [5.41, 5.74) is 2.90. The van der Waals surface area contributed by atoms with E-state index in [1.54, 1.807) is 11.3 Å². The van der Waals surface area contributed by atoms with E-state index in [2.05, 4.69) is 22.5 Å². The smallest absolute Gasteiger partial charge is 0.223 e. The van der Waals surface area contributed by atoms with Gasteiger partial charge in [0.2, 0.25) is 5.91 Å². The highest BCUT2D eigenvalue weighted by Crippen LogP contribution is 2.28. The van der Waals surface area contributed by atoms with E-state index in [4.69, 9.17) is 0 Å². The molecule has 0 spiro atoms. The molecule has 5 heteroatoms. The van der Waals surface area contributed by atoms with E-state index in [1.807, 2.05) is 10.9 Å². The van der Waals surface area contributed by atoms with Crippen molar-refractivity contribution in [1.29, 1.82) is 0 Å². The van der Waals surface area contributed by atoms with Gasteiger partial charge in [-0.15, -0.1) is 11.3 Å². The summed E-state index contributed by atoms with van der Waals surface area (Å²) in [6.07, 6.45) is 2.13. The van der Waals surface area contributed by atoms with Crippen molar-refractivity contribution in [2.75, 3.05) is 13.1 Å². The first kappa shape index (κ1) is 11.5. The van der Waals surface area contributed by atoms with Crippen molar-refractivity contribution in [3.63, 3.8) is 0 Å². The summed E-state index contributed by atoms with van der Waals surface area (Å²) in [6.45, 7) is 3.57. The van der Waals surface area contributed by atoms with Crippen LogP contribution in [0.1, 0.15) is 31.5 Å². The molecule has 1 unspecified atom stereocenters. The van der Waals surface area contributed by atoms with Crippen molar-refractivity contribution in [2.45, 2.75) is 25.8 Å². The van der Waals surface area contributed by atoms with E-state index in [0.29, 0.717) is 12.5 Å². The first-order valence-corrected chi connectivity index (χ1v) is 6.61. The number of nitrogens with zero attached hydrogens (tertiary/aromatic N) is 1. The van der Waals surface area contributed by atoms with Gasteiger partial charge in [-0.25, -0.2) is 4.98 Å². The summed E-state index contributed by atoms with van der Waals surface area (Å²) in [5, 5.41) is 8.30. The van der Waals surface area contributed by atoms with Crippen molar-refractivity contribution in [1.82, 2.24) is 15.6 Å². The minimum atomic E-state index is 0.211. The van der Waals surface area contributed by atoms with Gasteiger partial charge in [0.05, 0.1) is 11.2 Å². The quantitative estimate of drug-likeness (QED) is 0.736. The number of nitrogens with one attached hydrogen (secondary N) is 2. The van der Waals surface area contributed by atoms with Gasteiger partial charge in [0.15, 0.2) is 0 Å². The lowest BCUT2D eigenvalue weighted by atomic mass is 10.2. The van der Waals surface area contributed by atoms with Crippen molar-refractivity contribution < 1.29 is 4.79 Å². The van der Waals surface area contributed by atoms with Crippen molar-refractivity contribution >= 4 is 17.2 Å². The Bertz CT molecular complexity index is 335. The maximum Gasteiger partial charge on any atom is 0.223 e. The summed E-state index contributed by atoms with van der Waals surface area (Å²) in [6, 6.07) is 0.254. The van der Waals surface area contributed by atoms with E-state index in [0.717, 1.165) is 25.1 Å². The first-order valence-electron chi connectivity index (χ1n) is 5.66. The number of carbonyl (C=O) groups is 1. The maximum absolute atomic E-state index is 11.3. The van der Waals surface area contributed by atoms with Crippen LogP contribution in [-0.4, -0.2) is 24.0 Å². The summed E-state index contributed by atoms with van der Waals surface area (Å²) in [4.78, 5) is 15.6. The van der Waals surface area contributed by atoms with Gasteiger partial charge >= 0.3 is 0 Å². The second-order valence-corrected chi connectivity index (χ2v) is 4.87. The lowest BCUT2D eigenvalue weighted by Gasteiger charge is -2.11. The lowest BCUT2D eigenvalue weighted by molar-refractivity contribution is -0.122. The molecular weight excluding hydrogens is 222 g/mol. The van der Waals surface area contributed by atoms with Crippen molar-refractivity contribution in [3.05, 3.63) is 16.6 Å². The molecule has 0 bridgehead atoms. The fraction of sp³-hybridized carbons (Fsp3) is 0.636. The molecule has 2 rings (SSSR count). The van der Waals surface area contributed by atoms with Crippen LogP contribution in [0, 0.1) is 5.92 Å². The molecule has 1 atom stereocenters. The SMILES string of the molecule is CC(NCCNC(=O)C1CC1)c1cscn1. The molecule has 1 heterocycles. The Kier molecular flexibility index (Phi) is 3.90. The predicted molar refractivity (Wildman–Crippen MR) is 64.3 cm³/mol. The molecule has 1 saturated carbocycles. The van der Waals surface area contributed by atoms with Gasteiger partial charge in [-0.05, 0) is 19.8 Å². The Labute approximate surface area is 99.5 Å². The zero-order valence-electron chi connectivity index (χ0n) is 9.40. The summed E-state index contributed by atoms with van der Waals surface area (Å²) in [7, 11) is 0. The lowest BCUT2D eigenvalue weighted by Crippen LogP contribution is -2.33. The molecule has 2 N–H and O–H groups in total. The van der Waals surface area contributed by atoms with E-state index >= 15 is 0 Å². The maximum atomic E-state index is 11.3. The Morgan fingerprint density at radius 1 is 1.62 bits per heavy atom. The van der Waals surface area contributed by atoms with Gasteiger partial charge in [0, 0.05) is 30.4 Å². The van der Waals surface area contributed by atoms with Crippen LogP contribution in [0.25, 0.3) is 0 Å². The summed E-state index contributed by atoms with van der Waals surface area (Å²) in [5.74, 6) is 0.513. The highest BCUT2D eigenvalue weighted by molar-refractivity contribution is 7.07. The van der Waals surface area contributed by atoms with Gasteiger partial charge < -0.3 is 10.6 Å². The number of rotatable bonds is 6. The topological polar surface area (TPSA) is 54.0 Å². The van der Waals surface area contributed by atoms with Crippen LogP contribution in [0.5, 0.6) is 0 Å². The summed E-state index contributed by atoms with van der Waals surface area (Å²) < 4.78 is 0. The van der Waals surface area contributed by atoms with E-state index < -0.39 is 0 Å². The number of aromatic nitrogens is 1. The molecule has 1 amide bonds. The summed E-state index contributed by atoms with van der Waals surface area (Å²) >= 11 is 1.60. The molecule has 88 valence electrons. The molecule has 0 aromatic carbocycles. The molecule has 1 aliphatic carbocycles. The Morgan fingerprint density at radius 3 is 3.06 bits per heavy atom. The molecule has 0 radical (unpaired) electrons. The Balaban J connectivity index is 1.59.